The van der Waals surface area contributed by atoms with Crippen LogP contribution >= 0.6 is 11.6 Å². The van der Waals surface area contributed by atoms with Gasteiger partial charge in [0.15, 0.2) is 15.5 Å². The molecule has 112 valence electrons. The number of aromatic nitrogens is 3. The average molecular weight is 330 g/mol. The van der Waals surface area contributed by atoms with Gasteiger partial charge >= 0.3 is 5.97 Å². The van der Waals surface area contributed by atoms with Crippen LogP contribution in [0.4, 0.5) is 0 Å². The fraction of sp³-hybridized carbons (Fsp3) is 0.250. The van der Waals surface area contributed by atoms with Crippen LogP contribution in [0, 0.1) is 0 Å². The van der Waals surface area contributed by atoms with Gasteiger partial charge in [-0.15, -0.1) is 5.10 Å². The summed E-state index contributed by atoms with van der Waals surface area (Å²) in [4.78, 5) is 11.4. The van der Waals surface area contributed by atoms with Gasteiger partial charge in [0.2, 0.25) is 0 Å². The number of halogens is 1. The van der Waals surface area contributed by atoms with E-state index in [1.165, 1.54) is 42.3 Å². The topological polar surface area (TPSA) is 91.2 Å². The van der Waals surface area contributed by atoms with Gasteiger partial charge in [-0.05, 0) is 24.3 Å². The number of carbonyl (C=O) groups excluding carboxylic acids is 1. The standard InChI is InChI=1S/C12H12ClN3O4S/c1-20-12(17)11-8-16(15-14-11)6-7-21(18,19)10-4-2-9(13)3-5-10/h2-5,8H,6-7H2,1H3. The Bertz CT molecular complexity index is 740. The van der Waals surface area contributed by atoms with Crippen molar-refractivity contribution >= 4 is 27.4 Å². The van der Waals surface area contributed by atoms with Crippen molar-refractivity contribution in [1.29, 1.82) is 0 Å². The van der Waals surface area contributed by atoms with Gasteiger partial charge in [0.05, 0.1) is 30.5 Å². The number of ether oxygens (including phenoxy) is 1. The largest absolute Gasteiger partial charge is 0.464 e. The molecule has 0 amide bonds. The van der Waals surface area contributed by atoms with Crippen molar-refractivity contribution in [3.8, 4) is 0 Å². The van der Waals surface area contributed by atoms with Gasteiger partial charge in [0, 0.05) is 5.02 Å². The van der Waals surface area contributed by atoms with Gasteiger partial charge in [-0.1, -0.05) is 16.8 Å². The summed E-state index contributed by atoms with van der Waals surface area (Å²) in [6.07, 6.45) is 1.34. The minimum atomic E-state index is -3.46. The summed E-state index contributed by atoms with van der Waals surface area (Å²) in [7, 11) is -2.23. The molecule has 0 aliphatic heterocycles. The summed E-state index contributed by atoms with van der Waals surface area (Å²) in [5.41, 5.74) is 0.0291. The minimum absolute atomic E-state index is 0.0291. The van der Waals surface area contributed by atoms with E-state index in [1.807, 2.05) is 0 Å². The number of carbonyl (C=O) groups is 1. The Labute approximate surface area is 126 Å². The molecule has 0 saturated heterocycles. The Morgan fingerprint density at radius 2 is 2.00 bits per heavy atom. The highest BCUT2D eigenvalue weighted by atomic mass is 35.5. The second kappa shape index (κ2) is 6.23. The van der Waals surface area contributed by atoms with Crippen LogP contribution < -0.4 is 0 Å². The Balaban J connectivity index is 2.06. The smallest absolute Gasteiger partial charge is 0.360 e. The van der Waals surface area contributed by atoms with E-state index < -0.39 is 15.8 Å². The van der Waals surface area contributed by atoms with Crippen LogP contribution in [0.3, 0.4) is 0 Å². The summed E-state index contributed by atoms with van der Waals surface area (Å²) < 4.78 is 30.0. The van der Waals surface area contributed by atoms with Gasteiger partial charge in [0.1, 0.15) is 0 Å². The van der Waals surface area contributed by atoms with E-state index in [0.29, 0.717) is 5.02 Å². The molecule has 0 N–H and O–H groups in total. The summed E-state index contributed by atoms with van der Waals surface area (Å²) >= 11 is 5.72. The van der Waals surface area contributed by atoms with Crippen LogP contribution in [0.15, 0.2) is 35.4 Å². The third-order valence-electron chi connectivity index (χ3n) is 2.70. The van der Waals surface area contributed by atoms with Crippen molar-refractivity contribution in [3.63, 3.8) is 0 Å². The van der Waals surface area contributed by atoms with Gasteiger partial charge < -0.3 is 4.74 Å². The van der Waals surface area contributed by atoms with E-state index >= 15 is 0 Å². The monoisotopic (exact) mass is 329 g/mol. The summed E-state index contributed by atoms with van der Waals surface area (Å²) in [5.74, 6) is -0.791. The first-order chi connectivity index (χ1) is 9.92. The van der Waals surface area contributed by atoms with E-state index in [0.717, 1.165) is 0 Å². The molecule has 2 aromatic rings. The number of esters is 1. The quantitative estimate of drug-likeness (QED) is 0.765. The molecule has 2 rings (SSSR count). The molecule has 0 saturated carbocycles. The molecule has 7 nitrogen and oxygen atoms in total. The molecule has 0 spiro atoms. The van der Waals surface area contributed by atoms with Crippen molar-refractivity contribution in [1.82, 2.24) is 15.0 Å². The van der Waals surface area contributed by atoms with Crippen LogP contribution in [0.2, 0.25) is 5.02 Å². The third-order valence-corrected chi connectivity index (χ3v) is 4.66. The summed E-state index contributed by atoms with van der Waals surface area (Å²) in [5, 5.41) is 7.74. The van der Waals surface area contributed by atoms with Crippen LogP contribution in [-0.4, -0.2) is 42.2 Å². The first-order valence-electron chi connectivity index (χ1n) is 5.89. The summed E-state index contributed by atoms with van der Waals surface area (Å²) in [6.45, 7) is 0.0783. The van der Waals surface area contributed by atoms with Gasteiger partial charge in [-0.3, -0.25) is 4.68 Å². The lowest BCUT2D eigenvalue weighted by Gasteiger charge is -2.04. The fourth-order valence-corrected chi connectivity index (χ4v) is 2.92. The number of hydrogen-bond acceptors (Lipinski definition) is 6. The lowest BCUT2D eigenvalue weighted by atomic mass is 10.4. The van der Waals surface area contributed by atoms with Crippen LogP contribution in [-0.2, 0) is 21.1 Å². The highest BCUT2D eigenvalue weighted by Crippen LogP contribution is 2.15. The Kier molecular flexibility index (Phi) is 4.59. The number of nitrogens with zero attached hydrogens (tertiary/aromatic N) is 3. The molecule has 0 aliphatic carbocycles. The number of rotatable bonds is 5. The van der Waals surface area contributed by atoms with Gasteiger partial charge in [-0.2, -0.15) is 0 Å². The maximum absolute atomic E-state index is 12.1. The highest BCUT2D eigenvalue weighted by Gasteiger charge is 2.16. The van der Waals surface area contributed by atoms with E-state index in [9.17, 15) is 13.2 Å². The van der Waals surface area contributed by atoms with Gasteiger partial charge in [0.25, 0.3) is 0 Å². The van der Waals surface area contributed by atoms with Crippen LogP contribution in [0.25, 0.3) is 0 Å². The average Bonchev–Trinajstić information content (AvgIpc) is 2.94. The normalized spacial score (nSPS) is 11.3. The van der Waals surface area contributed by atoms with E-state index in [1.54, 1.807) is 0 Å². The third kappa shape index (κ3) is 3.79. The number of benzene rings is 1. The molecule has 1 heterocycles. The SMILES string of the molecule is COC(=O)c1cn(CCS(=O)(=O)c2ccc(Cl)cc2)nn1. The molecule has 9 heteroatoms. The maximum Gasteiger partial charge on any atom is 0.360 e. The Morgan fingerprint density at radius 3 is 2.62 bits per heavy atom. The summed E-state index contributed by atoms with van der Waals surface area (Å²) in [6, 6.07) is 5.91. The molecule has 0 fully saturated rings. The lowest BCUT2D eigenvalue weighted by Crippen LogP contribution is -2.13. The number of aryl methyl sites for hydroxylation is 1. The van der Waals surface area contributed by atoms with E-state index in [4.69, 9.17) is 11.6 Å². The van der Waals surface area contributed by atoms with Crippen molar-refractivity contribution in [3.05, 3.63) is 41.2 Å². The highest BCUT2D eigenvalue weighted by molar-refractivity contribution is 7.91. The number of sulfone groups is 1. The van der Waals surface area contributed by atoms with Crippen molar-refractivity contribution < 1.29 is 17.9 Å². The molecule has 21 heavy (non-hydrogen) atoms. The molecule has 0 radical (unpaired) electrons. The van der Waals surface area contributed by atoms with Crippen LogP contribution in [0.1, 0.15) is 10.5 Å². The maximum atomic E-state index is 12.1. The number of methoxy groups -OCH3 is 1. The zero-order valence-electron chi connectivity index (χ0n) is 11.1. The second-order valence-electron chi connectivity index (χ2n) is 4.13. The minimum Gasteiger partial charge on any atom is -0.464 e. The first-order valence-corrected chi connectivity index (χ1v) is 7.92. The predicted octanol–water partition coefficient (Wildman–Crippen LogP) is 1.19. The zero-order valence-corrected chi connectivity index (χ0v) is 12.6. The Hall–Kier alpha value is -1.93. The molecule has 1 aromatic heterocycles. The van der Waals surface area contributed by atoms with Crippen molar-refractivity contribution in [2.45, 2.75) is 11.4 Å². The van der Waals surface area contributed by atoms with E-state index in [-0.39, 0.29) is 22.9 Å². The number of hydrogen-bond donors (Lipinski definition) is 0. The molecule has 0 unspecified atom stereocenters. The predicted molar refractivity (Wildman–Crippen MR) is 74.9 cm³/mol. The molecule has 0 atom stereocenters. The molecule has 0 bridgehead atoms. The molecular formula is C12H12ClN3O4S. The first kappa shape index (κ1) is 15.5. The molecule has 0 aliphatic rings. The van der Waals surface area contributed by atoms with Crippen molar-refractivity contribution in [2.24, 2.45) is 0 Å². The second-order valence-corrected chi connectivity index (χ2v) is 6.68. The van der Waals surface area contributed by atoms with E-state index in [2.05, 4.69) is 15.0 Å². The molecular weight excluding hydrogens is 318 g/mol. The van der Waals surface area contributed by atoms with Crippen LogP contribution in [0.5, 0.6) is 0 Å². The Morgan fingerprint density at radius 1 is 1.33 bits per heavy atom. The van der Waals surface area contributed by atoms with Gasteiger partial charge in [-0.25, -0.2) is 13.2 Å². The fourth-order valence-electron chi connectivity index (χ4n) is 1.58. The zero-order chi connectivity index (χ0) is 15.5. The molecule has 1 aromatic carbocycles. The van der Waals surface area contributed by atoms with Crippen molar-refractivity contribution in [2.75, 3.05) is 12.9 Å². The lowest BCUT2D eigenvalue weighted by molar-refractivity contribution is 0.0594.